The van der Waals surface area contributed by atoms with E-state index in [4.69, 9.17) is 22.1 Å². The summed E-state index contributed by atoms with van der Waals surface area (Å²) in [5.74, 6) is 1.39. The van der Waals surface area contributed by atoms with E-state index in [1.807, 2.05) is 18.2 Å². The van der Waals surface area contributed by atoms with Gasteiger partial charge in [-0.3, -0.25) is 0 Å². The minimum atomic E-state index is 0.269. The Morgan fingerprint density at radius 2 is 2.19 bits per heavy atom. The van der Waals surface area contributed by atoms with Crippen molar-refractivity contribution in [1.82, 2.24) is 0 Å². The van der Waals surface area contributed by atoms with Crippen LogP contribution in [0.15, 0.2) is 18.2 Å². The van der Waals surface area contributed by atoms with Gasteiger partial charge in [0.2, 0.25) is 0 Å². The van der Waals surface area contributed by atoms with E-state index in [0.717, 1.165) is 18.8 Å². The number of hydrogen-bond acceptors (Lipinski definition) is 2. The Kier molecular flexibility index (Phi) is 3.59. The number of para-hydroxylation sites is 1. The number of nitrogen functional groups attached to an aromatic ring is 1. The second-order valence-corrected chi connectivity index (χ2v) is 5.08. The largest absolute Gasteiger partial charge is 0.487 e. The predicted molar refractivity (Wildman–Crippen MR) is 67.9 cm³/mol. The molecule has 2 atom stereocenters. The molecule has 0 heterocycles. The van der Waals surface area contributed by atoms with Gasteiger partial charge in [0, 0.05) is 0 Å². The smallest absolute Gasteiger partial charge is 0.161 e. The summed E-state index contributed by atoms with van der Waals surface area (Å²) in [6.07, 6.45) is 5.01. The Bertz CT molecular complexity index is 347. The molecule has 1 aliphatic carbocycles. The highest BCUT2D eigenvalue weighted by Gasteiger charge is 2.21. The van der Waals surface area contributed by atoms with Crippen molar-refractivity contribution in [2.45, 2.75) is 38.7 Å². The third-order valence-corrected chi connectivity index (χ3v) is 3.47. The second-order valence-electron chi connectivity index (χ2n) is 4.67. The second kappa shape index (κ2) is 4.96. The Morgan fingerprint density at radius 3 is 2.88 bits per heavy atom. The Balaban J connectivity index is 2.08. The van der Waals surface area contributed by atoms with E-state index < -0.39 is 0 Å². The summed E-state index contributed by atoms with van der Waals surface area (Å²) in [6, 6.07) is 5.49. The monoisotopic (exact) mass is 239 g/mol. The average Bonchev–Trinajstić information content (AvgIpc) is 2.24. The predicted octanol–water partition coefficient (Wildman–Crippen LogP) is 3.88. The molecule has 88 valence electrons. The van der Waals surface area contributed by atoms with Gasteiger partial charge in [0.05, 0.1) is 16.8 Å². The maximum Gasteiger partial charge on any atom is 0.161 e. The van der Waals surface area contributed by atoms with E-state index >= 15 is 0 Å². The van der Waals surface area contributed by atoms with Gasteiger partial charge in [0.25, 0.3) is 0 Å². The van der Waals surface area contributed by atoms with Crippen molar-refractivity contribution in [2.75, 3.05) is 5.73 Å². The average molecular weight is 240 g/mol. The maximum atomic E-state index is 6.08. The minimum absolute atomic E-state index is 0.269. The highest BCUT2D eigenvalue weighted by atomic mass is 35.5. The summed E-state index contributed by atoms with van der Waals surface area (Å²) in [7, 11) is 0. The van der Waals surface area contributed by atoms with Gasteiger partial charge >= 0.3 is 0 Å². The molecule has 3 heteroatoms. The van der Waals surface area contributed by atoms with Crippen molar-refractivity contribution in [1.29, 1.82) is 0 Å². The van der Waals surface area contributed by atoms with E-state index in [9.17, 15) is 0 Å². The third-order valence-electron chi connectivity index (χ3n) is 3.17. The Hall–Kier alpha value is -0.890. The highest BCUT2D eigenvalue weighted by Crippen LogP contribution is 2.34. The van der Waals surface area contributed by atoms with Crippen molar-refractivity contribution in [3.8, 4) is 5.75 Å². The maximum absolute atomic E-state index is 6.08. The number of halogens is 1. The number of benzene rings is 1. The fourth-order valence-electron chi connectivity index (χ4n) is 2.30. The van der Waals surface area contributed by atoms with Gasteiger partial charge in [0.15, 0.2) is 5.75 Å². The van der Waals surface area contributed by atoms with Crippen molar-refractivity contribution in [2.24, 2.45) is 5.92 Å². The lowest BCUT2D eigenvalue weighted by molar-refractivity contribution is 0.130. The summed E-state index contributed by atoms with van der Waals surface area (Å²) in [5, 5.41) is 0.609. The third kappa shape index (κ3) is 2.62. The summed E-state index contributed by atoms with van der Waals surface area (Å²) in [5.41, 5.74) is 6.49. The minimum Gasteiger partial charge on any atom is -0.487 e. The number of hydrogen-bond donors (Lipinski definition) is 1. The van der Waals surface area contributed by atoms with Crippen LogP contribution in [-0.4, -0.2) is 6.10 Å². The van der Waals surface area contributed by atoms with Crippen LogP contribution in [0.5, 0.6) is 5.75 Å². The van der Waals surface area contributed by atoms with E-state index in [1.54, 1.807) is 0 Å². The molecule has 1 aromatic carbocycles. The summed E-state index contributed by atoms with van der Waals surface area (Å²) >= 11 is 6.08. The van der Waals surface area contributed by atoms with E-state index in [2.05, 4.69) is 6.92 Å². The summed E-state index contributed by atoms with van der Waals surface area (Å²) in [6.45, 7) is 2.27. The fraction of sp³-hybridized carbons (Fsp3) is 0.538. The number of rotatable bonds is 2. The molecule has 2 unspecified atom stereocenters. The first kappa shape index (κ1) is 11.6. The molecule has 16 heavy (non-hydrogen) atoms. The Morgan fingerprint density at radius 1 is 1.38 bits per heavy atom. The molecule has 0 bridgehead atoms. The molecule has 0 amide bonds. The first-order chi connectivity index (χ1) is 7.66. The zero-order chi connectivity index (χ0) is 11.5. The van der Waals surface area contributed by atoms with Gasteiger partial charge in [-0.2, -0.15) is 0 Å². The number of anilines is 1. The lowest BCUT2D eigenvalue weighted by atomic mass is 9.89. The first-order valence-electron chi connectivity index (χ1n) is 5.87. The van der Waals surface area contributed by atoms with Gasteiger partial charge in [0.1, 0.15) is 0 Å². The van der Waals surface area contributed by atoms with Crippen LogP contribution in [0.2, 0.25) is 5.02 Å². The number of ether oxygens (including phenoxy) is 1. The molecule has 2 nitrogen and oxygen atoms in total. The topological polar surface area (TPSA) is 35.2 Å². The lowest BCUT2D eigenvalue weighted by Crippen LogP contribution is -2.24. The summed E-state index contributed by atoms with van der Waals surface area (Å²) in [4.78, 5) is 0. The molecule has 2 N–H and O–H groups in total. The van der Waals surface area contributed by atoms with Crippen LogP contribution < -0.4 is 10.5 Å². The molecule has 1 fully saturated rings. The van der Waals surface area contributed by atoms with Gasteiger partial charge in [-0.1, -0.05) is 31.0 Å². The molecule has 1 aliphatic rings. The van der Waals surface area contributed by atoms with E-state index in [0.29, 0.717) is 16.5 Å². The van der Waals surface area contributed by atoms with E-state index in [-0.39, 0.29) is 6.10 Å². The molecule has 0 aromatic heterocycles. The molecule has 0 aliphatic heterocycles. The molecule has 2 rings (SSSR count). The zero-order valence-corrected chi connectivity index (χ0v) is 10.3. The van der Waals surface area contributed by atoms with Gasteiger partial charge in [-0.15, -0.1) is 0 Å². The molecule has 1 saturated carbocycles. The van der Waals surface area contributed by atoms with Crippen LogP contribution in [0, 0.1) is 5.92 Å². The zero-order valence-electron chi connectivity index (χ0n) is 9.58. The standard InChI is InChI=1S/C13H18ClNO/c1-9-4-2-5-10(8-9)16-13-11(14)6-3-7-12(13)15/h3,6-7,9-10H,2,4-5,8,15H2,1H3. The number of nitrogens with two attached hydrogens (primary N) is 1. The van der Waals surface area contributed by atoms with Crippen LogP contribution in [0.4, 0.5) is 5.69 Å². The quantitative estimate of drug-likeness (QED) is 0.795. The van der Waals surface area contributed by atoms with Gasteiger partial charge in [-0.05, 0) is 37.3 Å². The first-order valence-corrected chi connectivity index (χ1v) is 6.25. The normalized spacial score (nSPS) is 25.4. The van der Waals surface area contributed by atoms with E-state index in [1.165, 1.54) is 12.8 Å². The van der Waals surface area contributed by atoms with Crippen LogP contribution in [0.25, 0.3) is 0 Å². The van der Waals surface area contributed by atoms with Crippen LogP contribution >= 0.6 is 11.6 Å². The van der Waals surface area contributed by atoms with Crippen LogP contribution in [0.3, 0.4) is 0 Å². The van der Waals surface area contributed by atoms with Crippen molar-refractivity contribution >= 4 is 17.3 Å². The summed E-state index contributed by atoms with van der Waals surface area (Å²) < 4.78 is 5.93. The molecule has 1 aromatic rings. The molecular formula is C13H18ClNO. The SMILES string of the molecule is CC1CCCC(Oc2c(N)cccc2Cl)C1. The van der Waals surface area contributed by atoms with Crippen molar-refractivity contribution in [3.63, 3.8) is 0 Å². The van der Waals surface area contributed by atoms with Gasteiger partial charge < -0.3 is 10.5 Å². The van der Waals surface area contributed by atoms with Crippen LogP contribution in [-0.2, 0) is 0 Å². The van der Waals surface area contributed by atoms with Crippen molar-refractivity contribution in [3.05, 3.63) is 23.2 Å². The fourth-order valence-corrected chi connectivity index (χ4v) is 2.53. The van der Waals surface area contributed by atoms with Crippen molar-refractivity contribution < 1.29 is 4.74 Å². The molecular weight excluding hydrogens is 222 g/mol. The highest BCUT2D eigenvalue weighted by molar-refractivity contribution is 6.32. The molecule has 0 saturated heterocycles. The van der Waals surface area contributed by atoms with Gasteiger partial charge in [-0.25, -0.2) is 0 Å². The Labute approximate surface area is 102 Å². The molecule has 0 spiro atoms. The molecule has 0 radical (unpaired) electrons. The lowest BCUT2D eigenvalue weighted by Gasteiger charge is -2.28. The van der Waals surface area contributed by atoms with Crippen LogP contribution in [0.1, 0.15) is 32.6 Å².